The van der Waals surface area contributed by atoms with Crippen LogP contribution in [0.5, 0.6) is 0 Å². The van der Waals surface area contributed by atoms with E-state index >= 15 is 0 Å². The Hall–Kier alpha value is -2.14. The van der Waals surface area contributed by atoms with Crippen LogP contribution in [0.2, 0.25) is 10.0 Å². The summed E-state index contributed by atoms with van der Waals surface area (Å²) in [4.78, 5) is 11.8. The molecule has 26 heavy (non-hydrogen) atoms. The molecule has 4 rings (SSSR count). The molecule has 0 saturated carbocycles. The van der Waals surface area contributed by atoms with E-state index in [1.807, 2.05) is 36.4 Å². The molecule has 2 aromatic heterocycles. The number of fused-ring (bicyclic) bond motifs is 1. The summed E-state index contributed by atoms with van der Waals surface area (Å²) in [5.74, 6) is 1.43. The lowest BCUT2D eigenvalue weighted by Crippen LogP contribution is -1.98. The molecule has 0 bridgehead atoms. The minimum absolute atomic E-state index is 0.552. The van der Waals surface area contributed by atoms with Gasteiger partial charge in [0.1, 0.15) is 10.6 Å². The standard InChI is InChI=1S/C20H15Cl2N3S/c1-2-14-11-15-19(23-17-9-8-13(21)10-16(17)22)24-18(25-20(15)26-14)12-6-4-3-5-7-12/h3-11H,2H2,1H3,(H,23,24,25). The lowest BCUT2D eigenvalue weighted by Gasteiger charge is -2.10. The lowest BCUT2D eigenvalue weighted by molar-refractivity contribution is 1.19. The fourth-order valence-electron chi connectivity index (χ4n) is 2.68. The van der Waals surface area contributed by atoms with Crippen molar-refractivity contribution < 1.29 is 0 Å². The number of benzene rings is 2. The van der Waals surface area contributed by atoms with Gasteiger partial charge in [0, 0.05) is 15.5 Å². The number of hydrogen-bond acceptors (Lipinski definition) is 4. The molecular formula is C20H15Cl2N3S. The van der Waals surface area contributed by atoms with Crippen molar-refractivity contribution in [2.24, 2.45) is 0 Å². The monoisotopic (exact) mass is 399 g/mol. The quantitative estimate of drug-likeness (QED) is 0.402. The van der Waals surface area contributed by atoms with E-state index in [1.165, 1.54) is 4.88 Å². The van der Waals surface area contributed by atoms with Crippen molar-refractivity contribution in [1.29, 1.82) is 0 Å². The molecule has 0 spiro atoms. The molecule has 0 atom stereocenters. The highest BCUT2D eigenvalue weighted by atomic mass is 35.5. The van der Waals surface area contributed by atoms with Gasteiger partial charge in [0.25, 0.3) is 0 Å². The van der Waals surface area contributed by atoms with Crippen LogP contribution < -0.4 is 5.32 Å². The van der Waals surface area contributed by atoms with Gasteiger partial charge in [-0.15, -0.1) is 11.3 Å². The van der Waals surface area contributed by atoms with Gasteiger partial charge in [-0.05, 0) is 30.7 Å². The topological polar surface area (TPSA) is 37.8 Å². The van der Waals surface area contributed by atoms with E-state index in [0.717, 1.165) is 33.7 Å². The van der Waals surface area contributed by atoms with Crippen LogP contribution in [0.4, 0.5) is 11.5 Å². The number of aromatic nitrogens is 2. The molecular weight excluding hydrogens is 385 g/mol. The van der Waals surface area contributed by atoms with Crippen LogP contribution in [-0.4, -0.2) is 9.97 Å². The van der Waals surface area contributed by atoms with Crippen LogP contribution in [0, 0.1) is 0 Å². The number of anilines is 2. The lowest BCUT2D eigenvalue weighted by atomic mass is 10.2. The molecule has 0 unspecified atom stereocenters. The second kappa shape index (κ2) is 7.23. The summed E-state index contributed by atoms with van der Waals surface area (Å²) in [7, 11) is 0. The molecule has 6 heteroatoms. The maximum absolute atomic E-state index is 6.33. The van der Waals surface area contributed by atoms with E-state index < -0.39 is 0 Å². The molecule has 2 heterocycles. The first-order valence-corrected chi connectivity index (χ1v) is 9.79. The van der Waals surface area contributed by atoms with Crippen LogP contribution in [0.3, 0.4) is 0 Å². The zero-order valence-electron chi connectivity index (χ0n) is 14.0. The highest BCUT2D eigenvalue weighted by Gasteiger charge is 2.14. The summed E-state index contributed by atoms with van der Waals surface area (Å²) in [5.41, 5.74) is 1.74. The molecule has 0 aliphatic rings. The molecule has 0 fully saturated rings. The molecule has 130 valence electrons. The third-order valence-corrected chi connectivity index (χ3v) is 5.73. The van der Waals surface area contributed by atoms with Crippen molar-refractivity contribution in [3.8, 4) is 11.4 Å². The third kappa shape index (κ3) is 3.40. The van der Waals surface area contributed by atoms with Gasteiger partial charge in [-0.1, -0.05) is 60.5 Å². The van der Waals surface area contributed by atoms with Crippen molar-refractivity contribution in [3.05, 3.63) is 69.5 Å². The predicted octanol–water partition coefficient (Wildman–Crippen LogP) is 6.97. The number of thiophene rings is 1. The first-order chi connectivity index (χ1) is 12.6. The third-order valence-electron chi connectivity index (χ3n) is 4.01. The normalized spacial score (nSPS) is 11.0. The van der Waals surface area contributed by atoms with Gasteiger partial charge in [0.15, 0.2) is 5.82 Å². The van der Waals surface area contributed by atoms with Gasteiger partial charge in [-0.3, -0.25) is 0 Å². The molecule has 3 nitrogen and oxygen atoms in total. The molecule has 1 N–H and O–H groups in total. The Bertz CT molecular complexity index is 1080. The highest BCUT2D eigenvalue weighted by molar-refractivity contribution is 7.18. The molecule has 0 aliphatic carbocycles. The SMILES string of the molecule is CCc1cc2c(Nc3ccc(Cl)cc3Cl)nc(-c3ccccc3)nc2s1. The van der Waals surface area contributed by atoms with Crippen molar-refractivity contribution in [2.75, 3.05) is 5.32 Å². The molecule has 0 radical (unpaired) electrons. The van der Waals surface area contributed by atoms with Crippen molar-refractivity contribution in [3.63, 3.8) is 0 Å². The first kappa shape index (κ1) is 17.3. The Morgan fingerprint density at radius 2 is 1.81 bits per heavy atom. The van der Waals surface area contributed by atoms with Crippen LogP contribution in [0.1, 0.15) is 11.8 Å². The van der Waals surface area contributed by atoms with Gasteiger partial charge >= 0.3 is 0 Å². The Balaban J connectivity index is 1.87. The second-order valence-corrected chi connectivity index (χ2v) is 7.75. The van der Waals surface area contributed by atoms with Crippen LogP contribution in [0.15, 0.2) is 54.6 Å². The number of nitrogens with one attached hydrogen (secondary N) is 1. The summed E-state index contributed by atoms with van der Waals surface area (Å²) in [6, 6.07) is 17.5. The van der Waals surface area contributed by atoms with Crippen molar-refractivity contribution in [2.45, 2.75) is 13.3 Å². The maximum atomic E-state index is 6.33. The van der Waals surface area contributed by atoms with Gasteiger partial charge in [-0.2, -0.15) is 0 Å². The van der Waals surface area contributed by atoms with Gasteiger partial charge in [0.2, 0.25) is 0 Å². The molecule has 0 saturated heterocycles. The van der Waals surface area contributed by atoms with E-state index in [2.05, 4.69) is 18.3 Å². The zero-order chi connectivity index (χ0) is 18.1. The molecule has 0 amide bonds. The summed E-state index contributed by atoms with van der Waals surface area (Å²) < 4.78 is 0. The Labute approximate surface area is 165 Å². The van der Waals surface area contributed by atoms with Gasteiger partial charge in [0.05, 0.1) is 16.1 Å². The van der Waals surface area contributed by atoms with Crippen molar-refractivity contribution in [1.82, 2.24) is 9.97 Å². The molecule has 4 aromatic rings. The summed E-state index contributed by atoms with van der Waals surface area (Å²) in [6.45, 7) is 2.14. The maximum Gasteiger partial charge on any atom is 0.163 e. The fraction of sp³-hybridized carbons (Fsp3) is 0.100. The van der Waals surface area contributed by atoms with Crippen LogP contribution in [-0.2, 0) is 6.42 Å². The zero-order valence-corrected chi connectivity index (χ0v) is 16.3. The van der Waals surface area contributed by atoms with E-state index in [9.17, 15) is 0 Å². The minimum Gasteiger partial charge on any atom is -0.338 e. The first-order valence-electron chi connectivity index (χ1n) is 8.22. The minimum atomic E-state index is 0.552. The molecule has 0 aliphatic heterocycles. The summed E-state index contributed by atoms with van der Waals surface area (Å²) >= 11 is 14.0. The van der Waals surface area contributed by atoms with Crippen LogP contribution in [0.25, 0.3) is 21.6 Å². The smallest absolute Gasteiger partial charge is 0.163 e. The Morgan fingerprint density at radius 3 is 2.54 bits per heavy atom. The summed E-state index contributed by atoms with van der Waals surface area (Å²) in [6.07, 6.45) is 0.961. The van der Waals surface area contributed by atoms with E-state index in [0.29, 0.717) is 15.9 Å². The van der Waals surface area contributed by atoms with Gasteiger partial charge < -0.3 is 5.32 Å². The fourth-order valence-corrected chi connectivity index (χ4v) is 4.10. The number of aryl methyl sites for hydroxylation is 1. The number of halogens is 2. The van der Waals surface area contributed by atoms with E-state index in [-0.39, 0.29) is 0 Å². The Kier molecular flexibility index (Phi) is 4.81. The number of nitrogens with zero attached hydrogens (tertiary/aromatic N) is 2. The largest absolute Gasteiger partial charge is 0.338 e. The van der Waals surface area contributed by atoms with Crippen LogP contribution >= 0.6 is 34.5 Å². The highest BCUT2D eigenvalue weighted by Crippen LogP contribution is 2.35. The van der Waals surface area contributed by atoms with Crippen molar-refractivity contribution >= 4 is 56.3 Å². The van der Waals surface area contributed by atoms with E-state index in [4.69, 9.17) is 33.2 Å². The number of rotatable bonds is 4. The molecule has 2 aromatic carbocycles. The van der Waals surface area contributed by atoms with Gasteiger partial charge in [-0.25, -0.2) is 9.97 Å². The average molecular weight is 400 g/mol. The predicted molar refractivity (Wildman–Crippen MR) is 112 cm³/mol. The average Bonchev–Trinajstić information content (AvgIpc) is 3.08. The second-order valence-electron chi connectivity index (χ2n) is 5.80. The van der Waals surface area contributed by atoms with E-state index in [1.54, 1.807) is 23.5 Å². The number of hydrogen-bond donors (Lipinski definition) is 1. The Morgan fingerprint density at radius 1 is 1.00 bits per heavy atom. The summed E-state index contributed by atoms with van der Waals surface area (Å²) in [5, 5.41) is 5.50.